The first-order chi connectivity index (χ1) is 9.76. The predicted molar refractivity (Wildman–Crippen MR) is 83.1 cm³/mol. The van der Waals surface area contributed by atoms with Crippen molar-refractivity contribution in [3.05, 3.63) is 35.0 Å². The number of ether oxygens (including phenoxy) is 2. The second-order valence-electron chi connectivity index (χ2n) is 4.69. The van der Waals surface area contributed by atoms with Gasteiger partial charge in [0.25, 0.3) is 0 Å². The Morgan fingerprint density at radius 3 is 3.05 bits per heavy atom. The molecule has 114 valence electrons. The lowest BCUT2D eigenvalue weighted by Crippen LogP contribution is -2.35. The highest BCUT2D eigenvalue weighted by molar-refractivity contribution is 7.07. The normalized spacial score (nSPS) is 12.8. The van der Waals surface area contributed by atoms with E-state index in [0.29, 0.717) is 19.8 Å². The van der Waals surface area contributed by atoms with Gasteiger partial charge in [-0.25, -0.2) is 0 Å². The van der Waals surface area contributed by atoms with Crippen LogP contribution in [0.2, 0.25) is 0 Å². The number of thiophene rings is 1. The minimum atomic E-state index is -0.476. The van der Waals surface area contributed by atoms with E-state index < -0.39 is 6.10 Å². The van der Waals surface area contributed by atoms with Crippen LogP contribution in [-0.4, -0.2) is 56.1 Å². The molecule has 1 atom stereocenters. The van der Waals surface area contributed by atoms with Gasteiger partial charge in [0.15, 0.2) is 0 Å². The molecule has 0 spiro atoms. The standard InChI is InChI=1S/C15H25NO3S/c1-3-7-19-12-15(17)11-16(6-4-8-18-2)10-14-5-9-20-13-14/h3,5,9,13,15,17H,1,4,6-8,10-12H2,2H3/t15-/m1/s1. The monoisotopic (exact) mass is 299 g/mol. The van der Waals surface area contributed by atoms with Crippen LogP contribution in [0.25, 0.3) is 0 Å². The van der Waals surface area contributed by atoms with Gasteiger partial charge in [-0.3, -0.25) is 4.90 Å². The summed E-state index contributed by atoms with van der Waals surface area (Å²) in [7, 11) is 1.71. The summed E-state index contributed by atoms with van der Waals surface area (Å²) in [5.41, 5.74) is 1.28. The molecular formula is C15H25NO3S. The fraction of sp³-hybridized carbons (Fsp3) is 0.600. The Balaban J connectivity index is 2.37. The molecule has 0 saturated carbocycles. The van der Waals surface area contributed by atoms with Crippen LogP contribution in [0.3, 0.4) is 0 Å². The third-order valence-corrected chi connectivity index (χ3v) is 3.56. The van der Waals surface area contributed by atoms with Crippen molar-refractivity contribution in [2.75, 3.05) is 40.0 Å². The summed E-state index contributed by atoms with van der Waals surface area (Å²) in [5.74, 6) is 0. The Labute approximate surface area is 125 Å². The van der Waals surface area contributed by atoms with E-state index >= 15 is 0 Å². The molecule has 1 heterocycles. The Kier molecular flexibility index (Phi) is 9.53. The summed E-state index contributed by atoms with van der Waals surface area (Å²) in [6, 6.07) is 2.12. The highest BCUT2D eigenvalue weighted by Crippen LogP contribution is 2.10. The largest absolute Gasteiger partial charge is 0.389 e. The Morgan fingerprint density at radius 1 is 1.55 bits per heavy atom. The summed E-state index contributed by atoms with van der Waals surface area (Å²) < 4.78 is 10.4. The van der Waals surface area contributed by atoms with E-state index in [1.54, 1.807) is 24.5 Å². The lowest BCUT2D eigenvalue weighted by atomic mass is 10.2. The number of methoxy groups -OCH3 is 1. The molecule has 0 saturated heterocycles. The zero-order valence-electron chi connectivity index (χ0n) is 12.2. The first-order valence-corrected chi connectivity index (χ1v) is 7.79. The highest BCUT2D eigenvalue weighted by atomic mass is 32.1. The van der Waals surface area contributed by atoms with Crippen molar-refractivity contribution >= 4 is 11.3 Å². The van der Waals surface area contributed by atoms with E-state index in [4.69, 9.17) is 9.47 Å². The molecule has 1 N–H and O–H groups in total. The Bertz CT molecular complexity index is 343. The van der Waals surface area contributed by atoms with Gasteiger partial charge in [0.1, 0.15) is 0 Å². The molecule has 0 aliphatic carbocycles. The first kappa shape index (κ1) is 17.3. The quantitative estimate of drug-likeness (QED) is 0.474. The number of nitrogens with zero attached hydrogens (tertiary/aromatic N) is 1. The van der Waals surface area contributed by atoms with Gasteiger partial charge in [-0.2, -0.15) is 11.3 Å². The van der Waals surface area contributed by atoms with Crippen LogP contribution in [0.4, 0.5) is 0 Å². The van der Waals surface area contributed by atoms with E-state index in [-0.39, 0.29) is 0 Å². The van der Waals surface area contributed by atoms with Gasteiger partial charge in [0, 0.05) is 33.4 Å². The summed E-state index contributed by atoms with van der Waals surface area (Å²) in [6.07, 6.45) is 2.17. The molecule has 0 radical (unpaired) electrons. The van der Waals surface area contributed by atoms with Gasteiger partial charge >= 0.3 is 0 Å². The van der Waals surface area contributed by atoms with E-state index in [1.165, 1.54) is 5.56 Å². The molecule has 0 fully saturated rings. The summed E-state index contributed by atoms with van der Waals surface area (Å²) >= 11 is 1.70. The topological polar surface area (TPSA) is 41.9 Å². The van der Waals surface area contributed by atoms with Crippen molar-refractivity contribution in [1.29, 1.82) is 0 Å². The van der Waals surface area contributed by atoms with Crippen molar-refractivity contribution in [1.82, 2.24) is 4.90 Å². The van der Waals surface area contributed by atoms with Gasteiger partial charge in [-0.1, -0.05) is 6.08 Å². The van der Waals surface area contributed by atoms with Gasteiger partial charge in [-0.15, -0.1) is 6.58 Å². The van der Waals surface area contributed by atoms with Crippen molar-refractivity contribution in [3.63, 3.8) is 0 Å². The van der Waals surface area contributed by atoms with Crippen LogP contribution in [0, 0.1) is 0 Å². The molecule has 20 heavy (non-hydrogen) atoms. The maximum absolute atomic E-state index is 10.0. The average molecular weight is 299 g/mol. The molecule has 0 amide bonds. The minimum Gasteiger partial charge on any atom is -0.389 e. The van der Waals surface area contributed by atoms with Crippen molar-refractivity contribution in [2.24, 2.45) is 0 Å². The van der Waals surface area contributed by atoms with Gasteiger partial charge in [0.2, 0.25) is 0 Å². The maximum Gasteiger partial charge on any atom is 0.0900 e. The molecule has 0 bridgehead atoms. The number of hydrogen-bond acceptors (Lipinski definition) is 5. The Hall–Kier alpha value is -0.720. The summed E-state index contributed by atoms with van der Waals surface area (Å²) in [6.45, 7) is 7.51. The third-order valence-electron chi connectivity index (χ3n) is 2.82. The number of aliphatic hydroxyl groups is 1. The van der Waals surface area contributed by atoms with Gasteiger partial charge in [-0.05, 0) is 28.8 Å². The maximum atomic E-state index is 10.0. The predicted octanol–water partition coefficient (Wildman–Crippen LogP) is 2.15. The number of hydrogen-bond donors (Lipinski definition) is 1. The third kappa shape index (κ3) is 7.77. The molecule has 1 rings (SSSR count). The second kappa shape index (κ2) is 11.0. The average Bonchev–Trinajstić information content (AvgIpc) is 2.92. The molecule has 0 aliphatic heterocycles. The lowest BCUT2D eigenvalue weighted by molar-refractivity contribution is 0.0230. The zero-order chi connectivity index (χ0) is 14.6. The van der Waals surface area contributed by atoms with Crippen LogP contribution in [0.15, 0.2) is 29.5 Å². The van der Waals surface area contributed by atoms with Crippen molar-refractivity contribution in [3.8, 4) is 0 Å². The molecule has 0 aliphatic rings. The Morgan fingerprint density at radius 2 is 2.40 bits per heavy atom. The smallest absolute Gasteiger partial charge is 0.0900 e. The lowest BCUT2D eigenvalue weighted by Gasteiger charge is -2.24. The van der Waals surface area contributed by atoms with Crippen LogP contribution < -0.4 is 0 Å². The zero-order valence-corrected chi connectivity index (χ0v) is 13.0. The van der Waals surface area contributed by atoms with Crippen LogP contribution in [0.5, 0.6) is 0 Å². The number of rotatable bonds is 12. The molecule has 0 unspecified atom stereocenters. The van der Waals surface area contributed by atoms with Gasteiger partial charge < -0.3 is 14.6 Å². The molecule has 1 aromatic rings. The van der Waals surface area contributed by atoms with E-state index in [1.807, 2.05) is 0 Å². The molecule has 0 aromatic carbocycles. The summed E-state index contributed by atoms with van der Waals surface area (Å²) in [5, 5.41) is 14.2. The summed E-state index contributed by atoms with van der Waals surface area (Å²) in [4.78, 5) is 2.24. The number of aliphatic hydroxyl groups excluding tert-OH is 1. The molecule has 5 heteroatoms. The molecule has 1 aromatic heterocycles. The minimum absolute atomic E-state index is 0.344. The fourth-order valence-corrected chi connectivity index (χ4v) is 2.61. The van der Waals surface area contributed by atoms with Crippen LogP contribution in [0.1, 0.15) is 12.0 Å². The SMILES string of the molecule is C=CCOC[C@H](O)CN(CCCOC)Cc1ccsc1. The van der Waals surface area contributed by atoms with Crippen molar-refractivity contribution < 1.29 is 14.6 Å². The molecule has 4 nitrogen and oxygen atoms in total. The molecular weight excluding hydrogens is 274 g/mol. The first-order valence-electron chi connectivity index (χ1n) is 6.85. The van der Waals surface area contributed by atoms with E-state index in [9.17, 15) is 5.11 Å². The van der Waals surface area contributed by atoms with Crippen LogP contribution >= 0.6 is 11.3 Å². The fourth-order valence-electron chi connectivity index (χ4n) is 1.95. The second-order valence-corrected chi connectivity index (χ2v) is 5.47. The van der Waals surface area contributed by atoms with E-state index in [0.717, 1.165) is 26.1 Å². The van der Waals surface area contributed by atoms with E-state index in [2.05, 4.69) is 28.3 Å². The van der Waals surface area contributed by atoms with Gasteiger partial charge in [0.05, 0.1) is 19.3 Å². The van der Waals surface area contributed by atoms with Crippen LogP contribution in [-0.2, 0) is 16.0 Å². The highest BCUT2D eigenvalue weighted by Gasteiger charge is 2.12. The van der Waals surface area contributed by atoms with Crippen molar-refractivity contribution in [2.45, 2.75) is 19.1 Å².